The van der Waals surface area contributed by atoms with Gasteiger partial charge in [-0.1, -0.05) is 17.7 Å². The molecule has 0 amide bonds. The smallest absolute Gasteiger partial charge is 0.333 e. The molecule has 0 saturated heterocycles. The summed E-state index contributed by atoms with van der Waals surface area (Å²) >= 11 is 5.58. The van der Waals surface area contributed by atoms with Gasteiger partial charge in [0.05, 0.1) is 24.9 Å². The fraction of sp³-hybridized carbons (Fsp3) is 0.786. The second-order valence-electron chi connectivity index (χ2n) is 5.40. The second-order valence-corrected chi connectivity index (χ2v) is 5.61. The van der Waals surface area contributed by atoms with Gasteiger partial charge in [-0.3, -0.25) is 0 Å². The molecule has 0 bridgehead atoms. The third-order valence-corrected chi connectivity index (χ3v) is 4.19. The van der Waals surface area contributed by atoms with E-state index in [0.29, 0.717) is 5.57 Å². The Morgan fingerprint density at radius 2 is 2.20 bits per heavy atom. The lowest BCUT2D eigenvalue weighted by Crippen LogP contribution is -2.42. The average Bonchev–Trinajstić information content (AvgIpc) is 2.60. The molecule has 0 radical (unpaired) electrons. The summed E-state index contributed by atoms with van der Waals surface area (Å²) in [6.07, 6.45) is 0.555. The summed E-state index contributed by atoms with van der Waals surface area (Å²) in [7, 11) is 1.29. The zero-order valence-corrected chi connectivity index (χ0v) is 13.1. The van der Waals surface area contributed by atoms with Gasteiger partial charge < -0.3 is 19.7 Å². The molecule has 0 aliphatic heterocycles. The first-order valence-electron chi connectivity index (χ1n) is 6.62. The van der Waals surface area contributed by atoms with Crippen LogP contribution in [0.5, 0.6) is 0 Å². The highest BCUT2D eigenvalue weighted by atomic mass is 35.5. The molecule has 1 saturated carbocycles. The lowest BCUT2D eigenvalue weighted by Gasteiger charge is -2.34. The van der Waals surface area contributed by atoms with E-state index in [9.17, 15) is 15.0 Å². The van der Waals surface area contributed by atoms with E-state index in [1.165, 1.54) is 7.11 Å². The molecule has 1 rings (SSSR count). The van der Waals surface area contributed by atoms with Crippen LogP contribution in [-0.4, -0.2) is 47.2 Å². The van der Waals surface area contributed by atoms with Crippen LogP contribution in [0, 0.1) is 11.8 Å². The molecular formula is C14H23ClO5. The van der Waals surface area contributed by atoms with Crippen molar-refractivity contribution in [3.63, 3.8) is 0 Å². The molecule has 5 atom stereocenters. The predicted octanol–water partition coefficient (Wildman–Crippen LogP) is 1.46. The Morgan fingerprint density at radius 1 is 1.60 bits per heavy atom. The predicted molar refractivity (Wildman–Crippen MR) is 75.3 cm³/mol. The maximum atomic E-state index is 11.9. The molecule has 20 heavy (non-hydrogen) atoms. The van der Waals surface area contributed by atoms with E-state index >= 15 is 0 Å². The molecule has 0 spiro atoms. The highest BCUT2D eigenvalue weighted by Gasteiger charge is 2.54. The van der Waals surface area contributed by atoms with Crippen LogP contribution in [0.2, 0.25) is 0 Å². The zero-order chi connectivity index (χ0) is 15.5. The van der Waals surface area contributed by atoms with Gasteiger partial charge in [0.1, 0.15) is 6.07 Å². The summed E-state index contributed by atoms with van der Waals surface area (Å²) < 4.78 is 10.1. The van der Waals surface area contributed by atoms with Crippen molar-refractivity contribution in [2.45, 2.75) is 45.0 Å². The summed E-state index contributed by atoms with van der Waals surface area (Å²) in [6, 6.07) is -0.0139. The van der Waals surface area contributed by atoms with E-state index in [1.807, 2.05) is 0 Å². The summed E-state index contributed by atoms with van der Waals surface area (Å²) in [4.78, 5) is 11.9. The van der Waals surface area contributed by atoms with E-state index in [4.69, 9.17) is 21.1 Å². The van der Waals surface area contributed by atoms with E-state index < -0.39 is 35.6 Å². The van der Waals surface area contributed by atoms with Crippen molar-refractivity contribution in [1.29, 1.82) is 0 Å². The van der Waals surface area contributed by atoms with E-state index in [0.717, 1.165) is 0 Å². The average molecular weight is 307 g/mol. The van der Waals surface area contributed by atoms with Crippen molar-refractivity contribution in [1.82, 2.24) is 0 Å². The molecule has 116 valence electrons. The van der Waals surface area contributed by atoms with Crippen molar-refractivity contribution in [2.24, 2.45) is 11.8 Å². The van der Waals surface area contributed by atoms with Crippen molar-refractivity contribution in [2.75, 3.05) is 13.2 Å². The number of halogens is 1. The SMILES string of the molecule is C/C=C(/C(=O)OC)[C@@H]1[C@H]([C@@H](C)OCCl)[C@@](C)(O)C[C@H]1O. The molecule has 5 nitrogen and oxygen atoms in total. The number of aliphatic hydroxyl groups excluding tert-OH is 1. The Labute approximate surface area is 124 Å². The summed E-state index contributed by atoms with van der Waals surface area (Å²) in [6.45, 7) is 5.12. The van der Waals surface area contributed by atoms with Crippen molar-refractivity contribution in [3.05, 3.63) is 11.6 Å². The van der Waals surface area contributed by atoms with Gasteiger partial charge >= 0.3 is 5.97 Å². The first-order chi connectivity index (χ1) is 9.30. The minimum Gasteiger partial charge on any atom is -0.466 e. The van der Waals surface area contributed by atoms with Crippen molar-refractivity contribution in [3.8, 4) is 0 Å². The molecule has 0 heterocycles. The Kier molecular flexibility index (Phi) is 6.01. The number of aliphatic hydroxyl groups is 2. The van der Waals surface area contributed by atoms with Gasteiger partial charge in [-0.25, -0.2) is 4.79 Å². The van der Waals surface area contributed by atoms with Gasteiger partial charge in [-0.2, -0.15) is 0 Å². The van der Waals surface area contributed by atoms with Gasteiger partial charge in [-0.15, -0.1) is 0 Å². The molecule has 0 aromatic carbocycles. The Hall–Kier alpha value is -0.620. The summed E-state index contributed by atoms with van der Waals surface area (Å²) in [5.41, 5.74) is -0.787. The van der Waals surface area contributed by atoms with Crippen LogP contribution in [0.25, 0.3) is 0 Å². The van der Waals surface area contributed by atoms with Gasteiger partial charge in [-0.05, 0) is 20.8 Å². The molecule has 1 fully saturated rings. The van der Waals surface area contributed by atoms with E-state index in [-0.39, 0.29) is 12.5 Å². The van der Waals surface area contributed by atoms with Crippen LogP contribution < -0.4 is 0 Å². The molecule has 0 aromatic heterocycles. The monoisotopic (exact) mass is 306 g/mol. The zero-order valence-electron chi connectivity index (χ0n) is 12.3. The van der Waals surface area contributed by atoms with Crippen molar-refractivity contribution < 1.29 is 24.5 Å². The third-order valence-electron chi connectivity index (χ3n) is 4.06. The number of hydrogen-bond donors (Lipinski definition) is 2. The molecular weight excluding hydrogens is 284 g/mol. The first-order valence-corrected chi connectivity index (χ1v) is 7.16. The Balaban J connectivity index is 3.15. The maximum Gasteiger partial charge on any atom is 0.333 e. The fourth-order valence-electron chi connectivity index (χ4n) is 3.28. The van der Waals surface area contributed by atoms with Crippen LogP contribution in [0.1, 0.15) is 27.2 Å². The minimum absolute atomic E-state index is 0.0139. The highest BCUT2D eigenvalue weighted by Crippen LogP contribution is 2.46. The second kappa shape index (κ2) is 6.89. The summed E-state index contributed by atoms with van der Waals surface area (Å²) in [5.74, 6) is -1.49. The van der Waals surface area contributed by atoms with Gasteiger partial charge in [0.2, 0.25) is 0 Å². The first kappa shape index (κ1) is 17.4. The number of allylic oxidation sites excluding steroid dienone is 1. The lowest BCUT2D eigenvalue weighted by atomic mass is 9.79. The Bertz CT molecular complexity index is 380. The maximum absolute atomic E-state index is 11.9. The number of esters is 1. The molecule has 2 N–H and O–H groups in total. The number of ether oxygens (including phenoxy) is 2. The molecule has 1 aliphatic carbocycles. The number of carbonyl (C=O) groups is 1. The van der Waals surface area contributed by atoms with Crippen LogP contribution >= 0.6 is 11.6 Å². The van der Waals surface area contributed by atoms with Gasteiger partial charge in [0.15, 0.2) is 0 Å². The topological polar surface area (TPSA) is 76.0 Å². The molecule has 6 heteroatoms. The van der Waals surface area contributed by atoms with Crippen molar-refractivity contribution >= 4 is 17.6 Å². The van der Waals surface area contributed by atoms with Gasteiger partial charge in [0, 0.05) is 23.8 Å². The van der Waals surface area contributed by atoms with E-state index in [1.54, 1.807) is 26.8 Å². The van der Waals surface area contributed by atoms with Crippen LogP contribution in [-0.2, 0) is 14.3 Å². The van der Waals surface area contributed by atoms with Crippen LogP contribution in [0.3, 0.4) is 0 Å². The van der Waals surface area contributed by atoms with Gasteiger partial charge in [0.25, 0.3) is 0 Å². The minimum atomic E-state index is -1.14. The normalized spacial score (nSPS) is 36.0. The molecule has 0 unspecified atom stereocenters. The molecule has 1 aliphatic rings. The number of alkyl halides is 1. The van der Waals surface area contributed by atoms with Crippen LogP contribution in [0.15, 0.2) is 11.6 Å². The number of rotatable bonds is 5. The fourth-order valence-corrected chi connectivity index (χ4v) is 3.48. The lowest BCUT2D eigenvalue weighted by molar-refractivity contribution is -0.138. The quantitative estimate of drug-likeness (QED) is 0.457. The Morgan fingerprint density at radius 3 is 2.65 bits per heavy atom. The molecule has 0 aromatic rings. The number of carbonyl (C=O) groups excluding carboxylic acids is 1. The van der Waals surface area contributed by atoms with Crippen LogP contribution in [0.4, 0.5) is 0 Å². The number of methoxy groups -OCH3 is 1. The van der Waals surface area contributed by atoms with E-state index in [2.05, 4.69) is 0 Å². The largest absolute Gasteiger partial charge is 0.466 e. The number of hydrogen-bond acceptors (Lipinski definition) is 5. The highest BCUT2D eigenvalue weighted by molar-refractivity contribution is 6.17. The third kappa shape index (κ3) is 3.34. The summed E-state index contributed by atoms with van der Waals surface area (Å²) in [5, 5.41) is 20.8. The standard InChI is InChI=1S/C14H23ClO5/c1-5-9(13(17)19-4)11-10(16)6-14(3,18)12(11)8(2)20-7-15/h5,8,10-12,16,18H,6-7H2,1-4H3/b9-5+/t8-,10-,11+,12+,14+/m1/s1.